The zero-order valence-electron chi connectivity index (χ0n) is 20.3. The number of hydrogen-bond acceptors (Lipinski definition) is 5. The summed E-state index contributed by atoms with van der Waals surface area (Å²) in [6.07, 6.45) is -4.78. The zero-order chi connectivity index (χ0) is 27.8. The summed E-state index contributed by atoms with van der Waals surface area (Å²) in [5, 5.41) is 11.8. The molecule has 0 radical (unpaired) electrons. The molecule has 0 aliphatic carbocycles. The summed E-state index contributed by atoms with van der Waals surface area (Å²) >= 11 is 5.53. The smallest absolute Gasteiger partial charge is 0.397 e. The SMILES string of the molecule is CC1(C)C(=O)N(c2ccc(C#N)c(C(F)(F)F)c2)C(=S)N1Cc1ccc(C(=O)Nc2ccccc2N)cc1. The summed E-state index contributed by atoms with van der Waals surface area (Å²) in [6.45, 7) is 3.42. The Morgan fingerprint density at radius 2 is 1.76 bits per heavy atom. The quantitative estimate of drug-likeness (QED) is 0.337. The molecular weight excluding hydrogens is 515 g/mol. The third-order valence-corrected chi connectivity index (χ3v) is 6.68. The molecule has 3 aromatic carbocycles. The van der Waals surface area contributed by atoms with Crippen LogP contribution in [0, 0.1) is 11.3 Å². The lowest BCUT2D eigenvalue weighted by Crippen LogP contribution is -2.43. The number of benzene rings is 3. The Morgan fingerprint density at radius 1 is 1.11 bits per heavy atom. The zero-order valence-corrected chi connectivity index (χ0v) is 21.2. The average Bonchev–Trinajstić information content (AvgIpc) is 3.04. The van der Waals surface area contributed by atoms with E-state index in [1.165, 1.54) is 12.1 Å². The second kappa shape index (κ2) is 9.79. The van der Waals surface area contributed by atoms with Gasteiger partial charge in [0.2, 0.25) is 0 Å². The molecule has 0 bridgehead atoms. The monoisotopic (exact) mass is 537 g/mol. The van der Waals surface area contributed by atoms with Crippen LogP contribution < -0.4 is 16.0 Å². The molecule has 1 aliphatic heterocycles. The van der Waals surface area contributed by atoms with Crippen LogP contribution in [0.15, 0.2) is 66.7 Å². The summed E-state index contributed by atoms with van der Waals surface area (Å²) in [7, 11) is 0. The molecule has 1 saturated heterocycles. The minimum absolute atomic E-state index is 0.0270. The third-order valence-electron chi connectivity index (χ3n) is 6.28. The van der Waals surface area contributed by atoms with Gasteiger partial charge in [-0.05, 0) is 74.1 Å². The number of nitrogens with zero attached hydrogens (tertiary/aromatic N) is 3. The van der Waals surface area contributed by atoms with Crippen molar-refractivity contribution < 1.29 is 22.8 Å². The molecule has 7 nitrogen and oxygen atoms in total. The number of thiocarbonyl (C=S) groups is 1. The number of para-hydroxylation sites is 2. The molecule has 0 atom stereocenters. The van der Waals surface area contributed by atoms with Crippen molar-refractivity contribution in [1.29, 1.82) is 5.26 Å². The molecule has 2 amide bonds. The molecule has 38 heavy (non-hydrogen) atoms. The summed E-state index contributed by atoms with van der Waals surface area (Å²) in [6, 6.07) is 18.1. The molecular formula is C27H22F3N5O2S. The number of nitriles is 1. The van der Waals surface area contributed by atoms with E-state index in [1.54, 1.807) is 67.3 Å². The fourth-order valence-electron chi connectivity index (χ4n) is 4.08. The van der Waals surface area contributed by atoms with Crippen molar-refractivity contribution in [3.8, 4) is 6.07 Å². The number of amides is 2. The molecule has 3 N–H and O–H groups in total. The van der Waals surface area contributed by atoms with E-state index in [4.69, 9.17) is 23.2 Å². The molecule has 1 aliphatic rings. The number of nitrogens with one attached hydrogen (secondary N) is 1. The molecule has 0 saturated carbocycles. The van der Waals surface area contributed by atoms with Crippen molar-refractivity contribution in [2.75, 3.05) is 16.0 Å². The normalized spacial score (nSPS) is 14.9. The predicted molar refractivity (Wildman–Crippen MR) is 141 cm³/mol. The van der Waals surface area contributed by atoms with Gasteiger partial charge in [-0.15, -0.1) is 0 Å². The number of halogens is 3. The Morgan fingerprint density at radius 3 is 2.37 bits per heavy atom. The summed E-state index contributed by atoms with van der Waals surface area (Å²) in [4.78, 5) is 28.6. The number of anilines is 3. The fraction of sp³-hybridized carbons (Fsp3) is 0.185. The maximum atomic E-state index is 13.5. The van der Waals surface area contributed by atoms with Gasteiger partial charge in [0.1, 0.15) is 5.54 Å². The van der Waals surface area contributed by atoms with Crippen molar-refractivity contribution in [1.82, 2.24) is 4.90 Å². The molecule has 1 heterocycles. The molecule has 194 valence electrons. The molecule has 0 spiro atoms. The molecule has 3 aromatic rings. The molecule has 0 unspecified atom stereocenters. The topological polar surface area (TPSA) is 102 Å². The van der Waals surface area contributed by atoms with Crippen LogP contribution in [0.1, 0.15) is 40.9 Å². The van der Waals surface area contributed by atoms with Crippen LogP contribution in [0.3, 0.4) is 0 Å². The lowest BCUT2D eigenvalue weighted by atomic mass is 10.0. The highest BCUT2D eigenvalue weighted by Gasteiger charge is 2.49. The molecule has 1 fully saturated rings. The van der Waals surface area contributed by atoms with Gasteiger partial charge in [-0.2, -0.15) is 18.4 Å². The summed E-state index contributed by atoms with van der Waals surface area (Å²) in [5.74, 6) is -0.856. The van der Waals surface area contributed by atoms with Gasteiger partial charge in [-0.1, -0.05) is 24.3 Å². The summed E-state index contributed by atoms with van der Waals surface area (Å²) in [5.41, 5.74) is 4.97. The Hall–Kier alpha value is -4.43. The van der Waals surface area contributed by atoms with Crippen LogP contribution in [0.4, 0.5) is 30.2 Å². The first kappa shape index (κ1) is 26.6. The molecule has 4 rings (SSSR count). The summed E-state index contributed by atoms with van der Waals surface area (Å²) < 4.78 is 40.5. The number of nitrogen functional groups attached to an aromatic ring is 1. The third kappa shape index (κ3) is 4.90. The Labute approximate surface area is 222 Å². The van der Waals surface area contributed by atoms with Gasteiger partial charge < -0.3 is 16.0 Å². The van der Waals surface area contributed by atoms with E-state index in [0.717, 1.165) is 22.6 Å². The van der Waals surface area contributed by atoms with Gasteiger partial charge in [0.05, 0.1) is 34.3 Å². The van der Waals surface area contributed by atoms with E-state index < -0.39 is 28.7 Å². The van der Waals surface area contributed by atoms with E-state index >= 15 is 0 Å². The van der Waals surface area contributed by atoms with Gasteiger partial charge in [-0.25, -0.2) is 0 Å². The van der Waals surface area contributed by atoms with E-state index in [0.29, 0.717) is 16.9 Å². The van der Waals surface area contributed by atoms with Crippen LogP contribution in [0.25, 0.3) is 0 Å². The second-order valence-corrected chi connectivity index (χ2v) is 9.51. The fourth-order valence-corrected chi connectivity index (χ4v) is 4.56. The first-order valence-corrected chi connectivity index (χ1v) is 11.8. The number of nitrogens with two attached hydrogens (primary N) is 1. The predicted octanol–water partition coefficient (Wildman–Crippen LogP) is 5.32. The van der Waals surface area contributed by atoms with Crippen LogP contribution in [-0.4, -0.2) is 27.4 Å². The Bertz CT molecular complexity index is 1480. The average molecular weight is 538 g/mol. The van der Waals surface area contributed by atoms with E-state index in [2.05, 4.69) is 5.32 Å². The standard InChI is InChI=1S/C27H22F3N5O2S/c1-26(2)24(37)35(19-12-11-18(14-31)20(13-19)27(28,29)30)25(38)34(26)15-16-7-9-17(10-8-16)23(36)33-22-6-4-3-5-21(22)32/h3-13H,15,32H2,1-2H3,(H,33,36). The number of alkyl halides is 3. The largest absolute Gasteiger partial charge is 0.417 e. The van der Waals surface area contributed by atoms with Crippen molar-refractivity contribution in [3.05, 3.63) is 89.0 Å². The van der Waals surface area contributed by atoms with E-state index in [1.807, 2.05) is 0 Å². The van der Waals surface area contributed by atoms with Crippen molar-refractivity contribution in [2.45, 2.75) is 32.1 Å². The van der Waals surface area contributed by atoms with Crippen LogP contribution in [-0.2, 0) is 17.5 Å². The Kier molecular flexibility index (Phi) is 6.86. The first-order valence-electron chi connectivity index (χ1n) is 11.4. The van der Waals surface area contributed by atoms with Crippen molar-refractivity contribution in [3.63, 3.8) is 0 Å². The van der Waals surface area contributed by atoms with Gasteiger partial charge in [0.15, 0.2) is 5.11 Å². The number of rotatable bonds is 5. The van der Waals surface area contributed by atoms with Gasteiger partial charge in [0, 0.05) is 12.1 Å². The first-order chi connectivity index (χ1) is 17.8. The maximum Gasteiger partial charge on any atom is 0.417 e. The molecule has 0 aromatic heterocycles. The molecule has 11 heteroatoms. The van der Waals surface area contributed by atoms with E-state index in [9.17, 15) is 22.8 Å². The minimum atomic E-state index is -4.78. The number of carbonyl (C=O) groups is 2. The van der Waals surface area contributed by atoms with Gasteiger partial charge >= 0.3 is 6.18 Å². The van der Waals surface area contributed by atoms with Crippen molar-refractivity contribution >= 4 is 46.2 Å². The van der Waals surface area contributed by atoms with Crippen LogP contribution in [0.2, 0.25) is 0 Å². The highest BCUT2D eigenvalue weighted by atomic mass is 32.1. The minimum Gasteiger partial charge on any atom is -0.397 e. The highest BCUT2D eigenvalue weighted by Crippen LogP contribution is 2.38. The second-order valence-electron chi connectivity index (χ2n) is 9.15. The number of carbonyl (C=O) groups excluding carboxylic acids is 2. The van der Waals surface area contributed by atoms with Crippen LogP contribution >= 0.6 is 12.2 Å². The van der Waals surface area contributed by atoms with Crippen LogP contribution in [0.5, 0.6) is 0 Å². The van der Waals surface area contributed by atoms with E-state index in [-0.39, 0.29) is 23.3 Å². The maximum absolute atomic E-state index is 13.5. The Balaban J connectivity index is 1.56. The van der Waals surface area contributed by atoms with Gasteiger partial charge in [0.25, 0.3) is 11.8 Å². The van der Waals surface area contributed by atoms with Crippen molar-refractivity contribution in [2.24, 2.45) is 0 Å². The lowest BCUT2D eigenvalue weighted by molar-refractivity contribution is -0.137. The van der Waals surface area contributed by atoms with Gasteiger partial charge in [-0.3, -0.25) is 14.5 Å². The highest BCUT2D eigenvalue weighted by molar-refractivity contribution is 7.80. The number of hydrogen-bond donors (Lipinski definition) is 2. The lowest BCUT2D eigenvalue weighted by Gasteiger charge is -2.29.